The Labute approximate surface area is 110 Å². The van der Waals surface area contributed by atoms with Crippen LogP contribution >= 0.6 is 0 Å². The molecule has 2 heterocycles. The quantitative estimate of drug-likeness (QED) is 0.371. The summed E-state index contributed by atoms with van der Waals surface area (Å²) in [5.74, 6) is -2.49. The number of rotatable bonds is 0. The molecule has 5 nitrogen and oxygen atoms in total. The summed E-state index contributed by atoms with van der Waals surface area (Å²) in [5, 5.41) is 0. The lowest BCUT2D eigenvalue weighted by molar-refractivity contribution is -0.162. The Hall–Kier alpha value is -1.20. The predicted octanol–water partition coefficient (Wildman–Crippen LogP) is 1.03. The SMILES string of the molecule is CC1(C)O[C@H]2[C@H]3C=C[C@](C)([C@@H]4C(=O)OC(=O)[C@H]34)[C@H]2O1. The van der Waals surface area contributed by atoms with E-state index in [1.54, 1.807) is 0 Å². The standard InChI is InChI=1S/C14H16O5/c1-13(2)18-9-6-4-5-14(3,10(9)19-13)8-7(6)11(15)17-12(8)16/h4-10H,1-3H3/t6-,7+,8-,9-,10-,14+/m0/s1. The van der Waals surface area contributed by atoms with Gasteiger partial charge in [0.05, 0.1) is 24.0 Å². The molecule has 19 heavy (non-hydrogen) atoms. The lowest BCUT2D eigenvalue weighted by Gasteiger charge is -2.50. The van der Waals surface area contributed by atoms with Crippen molar-refractivity contribution in [3.8, 4) is 0 Å². The van der Waals surface area contributed by atoms with E-state index in [0.717, 1.165) is 0 Å². The maximum absolute atomic E-state index is 12.0. The molecule has 0 radical (unpaired) electrons. The molecule has 3 fully saturated rings. The fourth-order valence-corrected chi connectivity index (χ4v) is 4.21. The Morgan fingerprint density at radius 1 is 1.11 bits per heavy atom. The van der Waals surface area contributed by atoms with E-state index in [-0.39, 0.29) is 18.1 Å². The van der Waals surface area contributed by atoms with Gasteiger partial charge in [-0.05, 0) is 13.8 Å². The number of cyclic esters (lactones) is 2. The van der Waals surface area contributed by atoms with Gasteiger partial charge in [-0.15, -0.1) is 0 Å². The first-order chi connectivity index (χ1) is 8.83. The van der Waals surface area contributed by atoms with Crippen LogP contribution < -0.4 is 0 Å². The zero-order valence-electron chi connectivity index (χ0n) is 11.1. The third-order valence-electron chi connectivity index (χ3n) is 4.97. The molecule has 1 saturated carbocycles. The fraction of sp³-hybridized carbons (Fsp3) is 0.714. The summed E-state index contributed by atoms with van der Waals surface area (Å²) in [6.45, 7) is 5.69. The molecule has 0 unspecified atom stereocenters. The van der Waals surface area contributed by atoms with Crippen molar-refractivity contribution in [2.75, 3.05) is 0 Å². The Balaban J connectivity index is 1.85. The van der Waals surface area contributed by atoms with E-state index >= 15 is 0 Å². The Morgan fingerprint density at radius 3 is 2.58 bits per heavy atom. The second-order valence-corrected chi connectivity index (χ2v) is 6.57. The zero-order chi connectivity index (χ0) is 13.6. The summed E-state index contributed by atoms with van der Waals surface area (Å²) in [7, 11) is 0. The minimum atomic E-state index is -0.674. The number of esters is 2. The molecule has 2 bridgehead atoms. The molecule has 0 aromatic rings. The molecule has 5 aliphatic rings. The third-order valence-corrected chi connectivity index (χ3v) is 4.97. The Kier molecular flexibility index (Phi) is 1.89. The summed E-state index contributed by atoms with van der Waals surface area (Å²) in [4.78, 5) is 23.9. The van der Waals surface area contributed by atoms with Crippen LogP contribution in [0.3, 0.4) is 0 Å². The highest BCUT2D eigenvalue weighted by molar-refractivity contribution is 5.98. The van der Waals surface area contributed by atoms with Gasteiger partial charge in [0.2, 0.25) is 0 Å². The van der Waals surface area contributed by atoms with E-state index < -0.39 is 35.0 Å². The van der Waals surface area contributed by atoms with Gasteiger partial charge < -0.3 is 14.2 Å². The van der Waals surface area contributed by atoms with E-state index in [9.17, 15) is 9.59 Å². The van der Waals surface area contributed by atoms with Crippen molar-refractivity contribution in [2.24, 2.45) is 23.2 Å². The van der Waals surface area contributed by atoms with Crippen LogP contribution in [-0.2, 0) is 23.8 Å². The summed E-state index contributed by atoms with van der Waals surface area (Å²) in [6, 6.07) is 0. The molecular weight excluding hydrogens is 248 g/mol. The Bertz CT molecular complexity index is 522. The Morgan fingerprint density at radius 2 is 1.84 bits per heavy atom. The lowest BCUT2D eigenvalue weighted by atomic mass is 9.53. The van der Waals surface area contributed by atoms with Crippen molar-refractivity contribution in [3.05, 3.63) is 12.2 Å². The van der Waals surface area contributed by atoms with E-state index in [1.807, 2.05) is 32.9 Å². The van der Waals surface area contributed by atoms with Gasteiger partial charge >= 0.3 is 11.9 Å². The molecule has 6 atom stereocenters. The van der Waals surface area contributed by atoms with Crippen LogP contribution in [0.2, 0.25) is 0 Å². The van der Waals surface area contributed by atoms with E-state index in [4.69, 9.17) is 14.2 Å². The molecule has 0 N–H and O–H groups in total. The van der Waals surface area contributed by atoms with Gasteiger partial charge in [0.25, 0.3) is 0 Å². The van der Waals surface area contributed by atoms with Gasteiger partial charge in [-0.2, -0.15) is 0 Å². The molecule has 2 aliphatic heterocycles. The van der Waals surface area contributed by atoms with E-state index in [0.29, 0.717) is 0 Å². The number of carbonyl (C=O) groups is 2. The topological polar surface area (TPSA) is 61.8 Å². The summed E-state index contributed by atoms with van der Waals surface area (Å²) >= 11 is 0. The lowest BCUT2D eigenvalue weighted by Crippen LogP contribution is -2.59. The third kappa shape index (κ3) is 1.23. The number of ether oxygens (including phenoxy) is 3. The molecular formula is C14H16O5. The molecule has 0 amide bonds. The average molecular weight is 264 g/mol. The maximum Gasteiger partial charge on any atom is 0.318 e. The average Bonchev–Trinajstić information content (AvgIpc) is 2.79. The molecule has 0 aromatic heterocycles. The highest BCUT2D eigenvalue weighted by Crippen LogP contribution is 2.60. The van der Waals surface area contributed by atoms with Crippen LogP contribution in [0, 0.1) is 23.2 Å². The first-order valence-corrected chi connectivity index (χ1v) is 6.64. The monoisotopic (exact) mass is 264 g/mol. The van der Waals surface area contributed by atoms with E-state index in [1.165, 1.54) is 0 Å². The van der Waals surface area contributed by atoms with Crippen molar-refractivity contribution < 1.29 is 23.8 Å². The molecule has 5 rings (SSSR count). The molecule has 2 saturated heterocycles. The first kappa shape index (κ1) is 11.6. The van der Waals surface area contributed by atoms with Gasteiger partial charge in [-0.3, -0.25) is 9.59 Å². The summed E-state index contributed by atoms with van der Waals surface area (Å²) < 4.78 is 16.8. The molecule has 102 valence electrons. The van der Waals surface area contributed by atoms with Crippen LogP contribution in [0.4, 0.5) is 0 Å². The molecule has 5 heteroatoms. The molecule has 0 aromatic carbocycles. The highest BCUT2D eigenvalue weighted by atomic mass is 16.8. The zero-order valence-corrected chi connectivity index (χ0v) is 11.1. The normalized spacial score (nSPS) is 53.1. The van der Waals surface area contributed by atoms with Crippen molar-refractivity contribution >= 4 is 11.9 Å². The minimum Gasteiger partial charge on any atom is -0.393 e. The second-order valence-electron chi connectivity index (χ2n) is 6.57. The van der Waals surface area contributed by atoms with Crippen molar-refractivity contribution in [1.29, 1.82) is 0 Å². The van der Waals surface area contributed by atoms with Gasteiger partial charge in [-0.1, -0.05) is 19.1 Å². The maximum atomic E-state index is 12.0. The molecule has 0 spiro atoms. The van der Waals surface area contributed by atoms with Crippen molar-refractivity contribution in [1.82, 2.24) is 0 Å². The van der Waals surface area contributed by atoms with Gasteiger partial charge in [-0.25, -0.2) is 0 Å². The van der Waals surface area contributed by atoms with Crippen LogP contribution in [-0.4, -0.2) is 29.9 Å². The van der Waals surface area contributed by atoms with E-state index in [2.05, 4.69) is 0 Å². The van der Waals surface area contributed by atoms with Crippen LogP contribution in [0.25, 0.3) is 0 Å². The minimum absolute atomic E-state index is 0.127. The second kappa shape index (κ2) is 3.10. The molecule has 3 aliphatic carbocycles. The van der Waals surface area contributed by atoms with Crippen molar-refractivity contribution in [2.45, 2.75) is 38.8 Å². The van der Waals surface area contributed by atoms with Crippen LogP contribution in [0.1, 0.15) is 20.8 Å². The predicted molar refractivity (Wildman–Crippen MR) is 62.6 cm³/mol. The van der Waals surface area contributed by atoms with Crippen LogP contribution in [0.15, 0.2) is 12.2 Å². The number of carbonyl (C=O) groups excluding carboxylic acids is 2. The summed E-state index contributed by atoms with van der Waals surface area (Å²) in [5.41, 5.74) is -0.527. The first-order valence-electron chi connectivity index (χ1n) is 6.64. The number of hydrogen-bond donors (Lipinski definition) is 0. The van der Waals surface area contributed by atoms with Gasteiger partial charge in [0.15, 0.2) is 5.79 Å². The van der Waals surface area contributed by atoms with Gasteiger partial charge in [0.1, 0.15) is 0 Å². The summed E-state index contributed by atoms with van der Waals surface area (Å²) in [6.07, 6.45) is 3.62. The van der Waals surface area contributed by atoms with Crippen LogP contribution in [0.5, 0.6) is 0 Å². The van der Waals surface area contributed by atoms with Gasteiger partial charge in [0, 0.05) is 11.3 Å². The fourth-order valence-electron chi connectivity index (χ4n) is 4.21. The smallest absolute Gasteiger partial charge is 0.318 e. The highest BCUT2D eigenvalue weighted by Gasteiger charge is 2.70. The largest absolute Gasteiger partial charge is 0.393 e. The van der Waals surface area contributed by atoms with Crippen molar-refractivity contribution in [3.63, 3.8) is 0 Å². The number of hydrogen-bond acceptors (Lipinski definition) is 5.